The van der Waals surface area contributed by atoms with E-state index in [-0.39, 0.29) is 0 Å². The predicted octanol–water partition coefficient (Wildman–Crippen LogP) is 1.90. The fourth-order valence-electron chi connectivity index (χ4n) is 0.437. The minimum atomic E-state index is 0.731. The fourth-order valence-corrected chi connectivity index (χ4v) is 0.437. The van der Waals surface area contributed by atoms with Gasteiger partial charge in [0.2, 0.25) is 0 Å². The molecule has 2 heteroatoms. The summed E-state index contributed by atoms with van der Waals surface area (Å²) in [5.41, 5.74) is 0. The molecule has 0 bridgehead atoms. The third-order valence-electron chi connectivity index (χ3n) is 1.30. The van der Waals surface area contributed by atoms with E-state index in [9.17, 15) is 0 Å². The summed E-state index contributed by atoms with van der Waals surface area (Å²) in [7, 11) is 3.75. The normalized spacial score (nSPS) is 11.7. The highest BCUT2D eigenvalue weighted by Gasteiger charge is 1.94. The molecule has 0 heterocycles. The first kappa shape index (κ1) is 13.5. The molecule has 1 atom stereocenters. The standard InChI is InChI=1S/C7H16O.C2H7N/c1-4-7(3)6-8-5-2;1-3-2/h7H,4-6H2,1-3H3;3H,1-2H3. The molecular weight excluding hydrogens is 138 g/mol. The highest BCUT2D eigenvalue weighted by Crippen LogP contribution is 1.99. The van der Waals surface area contributed by atoms with Crippen molar-refractivity contribution < 1.29 is 4.74 Å². The largest absolute Gasteiger partial charge is 0.381 e. The highest BCUT2D eigenvalue weighted by atomic mass is 16.5. The molecule has 0 aromatic carbocycles. The van der Waals surface area contributed by atoms with Crippen LogP contribution in [0.2, 0.25) is 0 Å². The van der Waals surface area contributed by atoms with Crippen LogP contribution in [0.3, 0.4) is 0 Å². The van der Waals surface area contributed by atoms with Gasteiger partial charge < -0.3 is 10.1 Å². The summed E-state index contributed by atoms with van der Waals surface area (Å²) in [6.45, 7) is 8.19. The van der Waals surface area contributed by atoms with Gasteiger partial charge >= 0.3 is 0 Å². The molecule has 0 fully saturated rings. The first-order valence-corrected chi connectivity index (χ1v) is 4.39. The van der Waals surface area contributed by atoms with Gasteiger partial charge in [0.1, 0.15) is 0 Å². The average molecular weight is 161 g/mol. The lowest BCUT2D eigenvalue weighted by molar-refractivity contribution is 0.115. The second kappa shape index (κ2) is 12.6. The zero-order valence-corrected chi connectivity index (χ0v) is 8.61. The molecule has 0 aliphatic carbocycles. The molecule has 70 valence electrons. The number of hydrogen-bond donors (Lipinski definition) is 1. The zero-order chi connectivity index (χ0) is 9.11. The zero-order valence-electron chi connectivity index (χ0n) is 8.61. The molecule has 0 aliphatic rings. The Morgan fingerprint density at radius 3 is 2.00 bits per heavy atom. The van der Waals surface area contributed by atoms with Gasteiger partial charge in [-0.1, -0.05) is 20.3 Å². The number of ether oxygens (including phenoxy) is 1. The lowest BCUT2D eigenvalue weighted by atomic mass is 10.1. The second-order valence-corrected chi connectivity index (χ2v) is 2.67. The van der Waals surface area contributed by atoms with Gasteiger partial charge in [0.05, 0.1) is 0 Å². The molecule has 0 aromatic heterocycles. The molecule has 0 aromatic rings. The Hall–Kier alpha value is -0.0800. The van der Waals surface area contributed by atoms with Gasteiger partial charge in [0.25, 0.3) is 0 Å². The third-order valence-corrected chi connectivity index (χ3v) is 1.30. The van der Waals surface area contributed by atoms with E-state index in [0.717, 1.165) is 19.1 Å². The van der Waals surface area contributed by atoms with E-state index in [1.807, 2.05) is 21.0 Å². The average Bonchev–Trinajstić information content (AvgIpc) is 2.02. The van der Waals surface area contributed by atoms with E-state index in [1.165, 1.54) is 6.42 Å². The maximum Gasteiger partial charge on any atom is 0.0491 e. The Balaban J connectivity index is 0. The van der Waals surface area contributed by atoms with Crippen LogP contribution >= 0.6 is 0 Å². The first-order chi connectivity index (χ1) is 5.22. The number of hydrogen-bond acceptors (Lipinski definition) is 2. The first-order valence-electron chi connectivity index (χ1n) is 4.39. The molecular formula is C9H23NO. The van der Waals surface area contributed by atoms with Crippen molar-refractivity contribution in [2.45, 2.75) is 27.2 Å². The van der Waals surface area contributed by atoms with Crippen molar-refractivity contribution in [2.75, 3.05) is 27.3 Å². The summed E-state index contributed by atoms with van der Waals surface area (Å²) >= 11 is 0. The van der Waals surface area contributed by atoms with Gasteiger partial charge in [-0.2, -0.15) is 0 Å². The summed E-state index contributed by atoms with van der Waals surface area (Å²) in [5, 5.41) is 2.75. The van der Waals surface area contributed by atoms with Crippen LogP contribution < -0.4 is 5.32 Å². The number of nitrogens with one attached hydrogen (secondary N) is 1. The lowest BCUT2D eigenvalue weighted by Crippen LogP contribution is -2.03. The van der Waals surface area contributed by atoms with Gasteiger partial charge in [0, 0.05) is 13.2 Å². The van der Waals surface area contributed by atoms with Crippen LogP contribution in [0.5, 0.6) is 0 Å². The minimum absolute atomic E-state index is 0.731. The molecule has 11 heavy (non-hydrogen) atoms. The van der Waals surface area contributed by atoms with Crippen molar-refractivity contribution in [3.63, 3.8) is 0 Å². The Bertz CT molecular complexity index is 57.5. The van der Waals surface area contributed by atoms with Crippen molar-refractivity contribution in [3.8, 4) is 0 Å². The van der Waals surface area contributed by atoms with Crippen molar-refractivity contribution in [1.82, 2.24) is 5.32 Å². The van der Waals surface area contributed by atoms with Gasteiger partial charge in [-0.3, -0.25) is 0 Å². The molecule has 0 amide bonds. The Morgan fingerprint density at radius 1 is 1.27 bits per heavy atom. The molecule has 1 N–H and O–H groups in total. The van der Waals surface area contributed by atoms with Gasteiger partial charge in [0.15, 0.2) is 0 Å². The summed E-state index contributed by atoms with van der Waals surface area (Å²) in [5.74, 6) is 0.731. The van der Waals surface area contributed by atoms with Crippen molar-refractivity contribution in [2.24, 2.45) is 5.92 Å². The quantitative estimate of drug-likeness (QED) is 0.680. The second-order valence-electron chi connectivity index (χ2n) is 2.67. The molecule has 0 saturated carbocycles. The molecule has 0 radical (unpaired) electrons. The maximum atomic E-state index is 5.19. The van der Waals surface area contributed by atoms with Crippen molar-refractivity contribution in [1.29, 1.82) is 0 Å². The lowest BCUT2D eigenvalue weighted by Gasteiger charge is -2.05. The molecule has 0 spiro atoms. The van der Waals surface area contributed by atoms with Crippen LogP contribution in [0.4, 0.5) is 0 Å². The van der Waals surface area contributed by atoms with Crippen LogP contribution in [0.15, 0.2) is 0 Å². The van der Waals surface area contributed by atoms with E-state index < -0.39 is 0 Å². The molecule has 0 saturated heterocycles. The van der Waals surface area contributed by atoms with E-state index in [0.29, 0.717) is 0 Å². The number of rotatable bonds is 4. The third kappa shape index (κ3) is 17.8. The molecule has 2 nitrogen and oxygen atoms in total. The molecule has 0 aliphatic heterocycles. The summed E-state index contributed by atoms with van der Waals surface area (Å²) in [6, 6.07) is 0. The summed E-state index contributed by atoms with van der Waals surface area (Å²) in [4.78, 5) is 0. The van der Waals surface area contributed by atoms with E-state index in [2.05, 4.69) is 19.2 Å². The van der Waals surface area contributed by atoms with Crippen LogP contribution in [0.1, 0.15) is 27.2 Å². The van der Waals surface area contributed by atoms with Gasteiger partial charge in [-0.25, -0.2) is 0 Å². The predicted molar refractivity (Wildman–Crippen MR) is 50.9 cm³/mol. The van der Waals surface area contributed by atoms with Crippen LogP contribution in [0.25, 0.3) is 0 Å². The summed E-state index contributed by atoms with van der Waals surface area (Å²) in [6.07, 6.45) is 1.22. The Labute approximate surface area is 71.3 Å². The van der Waals surface area contributed by atoms with E-state index >= 15 is 0 Å². The van der Waals surface area contributed by atoms with Gasteiger partial charge in [-0.05, 0) is 26.9 Å². The minimum Gasteiger partial charge on any atom is -0.381 e. The fraction of sp³-hybridized carbons (Fsp3) is 1.00. The van der Waals surface area contributed by atoms with E-state index in [4.69, 9.17) is 4.74 Å². The van der Waals surface area contributed by atoms with Crippen LogP contribution in [-0.4, -0.2) is 27.3 Å². The topological polar surface area (TPSA) is 21.3 Å². The SMILES string of the molecule is CCOCC(C)CC.CNC. The maximum absolute atomic E-state index is 5.19. The van der Waals surface area contributed by atoms with Crippen LogP contribution in [0, 0.1) is 5.92 Å². The Morgan fingerprint density at radius 2 is 1.73 bits per heavy atom. The van der Waals surface area contributed by atoms with Crippen LogP contribution in [-0.2, 0) is 4.74 Å². The van der Waals surface area contributed by atoms with Gasteiger partial charge in [-0.15, -0.1) is 0 Å². The van der Waals surface area contributed by atoms with E-state index in [1.54, 1.807) is 0 Å². The van der Waals surface area contributed by atoms with Crippen molar-refractivity contribution in [3.05, 3.63) is 0 Å². The smallest absolute Gasteiger partial charge is 0.0491 e. The highest BCUT2D eigenvalue weighted by molar-refractivity contribution is 4.44. The molecule has 0 rings (SSSR count). The summed E-state index contributed by atoms with van der Waals surface area (Å²) < 4.78 is 5.19. The molecule has 1 unspecified atom stereocenters. The van der Waals surface area contributed by atoms with Crippen molar-refractivity contribution >= 4 is 0 Å². The Kier molecular flexibility index (Phi) is 15.4. The monoisotopic (exact) mass is 161 g/mol.